The van der Waals surface area contributed by atoms with E-state index in [0.717, 1.165) is 23.3 Å². The van der Waals surface area contributed by atoms with Gasteiger partial charge in [-0.15, -0.1) is 0 Å². The second kappa shape index (κ2) is 4.97. The third-order valence-electron chi connectivity index (χ3n) is 2.97. The van der Waals surface area contributed by atoms with Gasteiger partial charge in [-0.1, -0.05) is 12.1 Å². The topological polar surface area (TPSA) is 52.3 Å². The van der Waals surface area contributed by atoms with Crippen molar-refractivity contribution in [2.24, 2.45) is 0 Å². The molecule has 2 N–H and O–H groups in total. The molecular weight excluding hydrogens is 222 g/mol. The van der Waals surface area contributed by atoms with Crippen molar-refractivity contribution in [2.75, 3.05) is 18.9 Å². The molecule has 3 nitrogen and oxygen atoms in total. The van der Waals surface area contributed by atoms with E-state index in [1.54, 1.807) is 0 Å². The standard InChI is InChI=1S/C12H17NO2S/c1-9-3-2-4-11(12(9)13)16(14)10-5-7-15-8-6-10/h2-4,10H,5-8,13H2,1H3. The molecule has 0 bridgehead atoms. The fourth-order valence-corrected chi connectivity index (χ4v) is 3.47. The smallest absolute Gasteiger partial charge is 0.0623 e. The number of nitrogens with two attached hydrogens (primary N) is 1. The van der Waals surface area contributed by atoms with Crippen molar-refractivity contribution in [1.82, 2.24) is 0 Å². The predicted molar refractivity (Wildman–Crippen MR) is 65.8 cm³/mol. The zero-order valence-corrected chi connectivity index (χ0v) is 10.3. The van der Waals surface area contributed by atoms with Crippen LogP contribution in [0, 0.1) is 6.92 Å². The summed E-state index contributed by atoms with van der Waals surface area (Å²) in [5.41, 5.74) is 7.64. The fraction of sp³-hybridized carbons (Fsp3) is 0.500. The number of para-hydroxylation sites is 1. The van der Waals surface area contributed by atoms with Crippen LogP contribution in [0.3, 0.4) is 0 Å². The molecule has 0 amide bonds. The highest BCUT2D eigenvalue weighted by molar-refractivity contribution is 7.85. The van der Waals surface area contributed by atoms with Crippen LogP contribution in [0.15, 0.2) is 23.1 Å². The zero-order valence-electron chi connectivity index (χ0n) is 9.44. The second-order valence-electron chi connectivity index (χ2n) is 4.10. The van der Waals surface area contributed by atoms with E-state index in [1.807, 2.05) is 25.1 Å². The minimum atomic E-state index is -0.997. The van der Waals surface area contributed by atoms with E-state index >= 15 is 0 Å². The molecule has 1 aliphatic heterocycles. The third kappa shape index (κ3) is 2.28. The molecular formula is C12H17NO2S. The molecule has 1 fully saturated rings. The first-order valence-electron chi connectivity index (χ1n) is 5.53. The van der Waals surface area contributed by atoms with Crippen LogP contribution in [-0.2, 0) is 15.5 Å². The number of hydrogen-bond donors (Lipinski definition) is 1. The summed E-state index contributed by atoms with van der Waals surface area (Å²) in [6.07, 6.45) is 1.72. The van der Waals surface area contributed by atoms with Crippen LogP contribution in [0.1, 0.15) is 18.4 Å². The molecule has 0 spiro atoms. The van der Waals surface area contributed by atoms with Gasteiger partial charge in [-0.2, -0.15) is 0 Å². The Balaban J connectivity index is 2.22. The van der Waals surface area contributed by atoms with Crippen LogP contribution in [0.4, 0.5) is 5.69 Å². The van der Waals surface area contributed by atoms with Gasteiger partial charge in [-0.05, 0) is 31.4 Å². The highest BCUT2D eigenvalue weighted by Crippen LogP contribution is 2.26. The molecule has 16 heavy (non-hydrogen) atoms. The Morgan fingerprint density at radius 2 is 2.06 bits per heavy atom. The van der Waals surface area contributed by atoms with Crippen LogP contribution >= 0.6 is 0 Å². The van der Waals surface area contributed by atoms with Crippen LogP contribution in [0.5, 0.6) is 0 Å². The van der Waals surface area contributed by atoms with Gasteiger partial charge in [0.1, 0.15) is 0 Å². The predicted octanol–water partition coefficient (Wildman–Crippen LogP) is 1.86. The maximum absolute atomic E-state index is 12.3. The van der Waals surface area contributed by atoms with E-state index < -0.39 is 10.8 Å². The maximum atomic E-state index is 12.3. The Labute approximate surface area is 98.4 Å². The van der Waals surface area contributed by atoms with Gasteiger partial charge >= 0.3 is 0 Å². The van der Waals surface area contributed by atoms with Crippen molar-refractivity contribution in [3.63, 3.8) is 0 Å². The average Bonchev–Trinajstić information content (AvgIpc) is 2.33. The lowest BCUT2D eigenvalue weighted by atomic mass is 10.2. The number of hydrogen-bond acceptors (Lipinski definition) is 3. The summed E-state index contributed by atoms with van der Waals surface area (Å²) < 4.78 is 17.6. The van der Waals surface area contributed by atoms with Crippen molar-refractivity contribution in [1.29, 1.82) is 0 Å². The van der Waals surface area contributed by atoms with E-state index in [0.29, 0.717) is 18.9 Å². The monoisotopic (exact) mass is 239 g/mol. The van der Waals surface area contributed by atoms with Crippen molar-refractivity contribution in [3.05, 3.63) is 23.8 Å². The van der Waals surface area contributed by atoms with Crippen LogP contribution in [0.2, 0.25) is 0 Å². The first-order valence-corrected chi connectivity index (χ1v) is 6.75. The molecule has 0 saturated carbocycles. The minimum Gasteiger partial charge on any atom is -0.398 e. The summed E-state index contributed by atoms with van der Waals surface area (Å²) in [5, 5.41) is 0.192. The van der Waals surface area contributed by atoms with Crippen LogP contribution in [0.25, 0.3) is 0 Å². The van der Waals surface area contributed by atoms with Gasteiger partial charge in [0.25, 0.3) is 0 Å². The second-order valence-corrected chi connectivity index (χ2v) is 5.80. The molecule has 1 heterocycles. The van der Waals surface area contributed by atoms with Gasteiger partial charge in [0, 0.05) is 18.5 Å². The van der Waals surface area contributed by atoms with Crippen molar-refractivity contribution in [2.45, 2.75) is 29.9 Å². The first-order chi connectivity index (χ1) is 7.70. The summed E-state index contributed by atoms with van der Waals surface area (Å²) in [4.78, 5) is 0.784. The SMILES string of the molecule is Cc1cccc(S(=O)C2CCOCC2)c1N. The Morgan fingerprint density at radius 3 is 2.75 bits per heavy atom. The maximum Gasteiger partial charge on any atom is 0.0623 e. The molecule has 1 aliphatic rings. The molecule has 1 aromatic carbocycles. The van der Waals surface area contributed by atoms with Gasteiger partial charge in [-0.3, -0.25) is 4.21 Å². The number of benzene rings is 1. The number of rotatable bonds is 2. The number of aryl methyl sites for hydroxylation is 1. The Hall–Kier alpha value is -0.870. The first kappa shape index (κ1) is 11.6. The number of anilines is 1. The van der Waals surface area contributed by atoms with Gasteiger partial charge in [0.2, 0.25) is 0 Å². The lowest BCUT2D eigenvalue weighted by Crippen LogP contribution is -2.25. The zero-order chi connectivity index (χ0) is 11.5. The van der Waals surface area contributed by atoms with Crippen LogP contribution < -0.4 is 5.73 Å². The Bertz CT molecular complexity index is 400. The number of ether oxygens (including phenoxy) is 1. The largest absolute Gasteiger partial charge is 0.398 e. The van der Waals surface area contributed by atoms with E-state index in [-0.39, 0.29) is 5.25 Å². The lowest BCUT2D eigenvalue weighted by molar-refractivity contribution is 0.0992. The van der Waals surface area contributed by atoms with Gasteiger partial charge in [0.15, 0.2) is 0 Å². The molecule has 0 aromatic heterocycles. The Morgan fingerprint density at radius 1 is 1.38 bits per heavy atom. The summed E-state index contributed by atoms with van der Waals surface area (Å²) in [6.45, 7) is 3.37. The van der Waals surface area contributed by atoms with Crippen LogP contribution in [-0.4, -0.2) is 22.7 Å². The molecule has 1 aromatic rings. The van der Waals surface area contributed by atoms with E-state index in [1.165, 1.54) is 0 Å². The summed E-state index contributed by atoms with van der Waals surface area (Å²) >= 11 is 0. The van der Waals surface area contributed by atoms with Gasteiger partial charge in [-0.25, -0.2) is 0 Å². The molecule has 4 heteroatoms. The summed E-state index contributed by atoms with van der Waals surface area (Å²) in [6, 6.07) is 5.73. The summed E-state index contributed by atoms with van der Waals surface area (Å²) in [5.74, 6) is 0. The summed E-state index contributed by atoms with van der Waals surface area (Å²) in [7, 11) is -0.997. The normalized spacial score (nSPS) is 19.6. The fourth-order valence-electron chi connectivity index (χ4n) is 1.90. The lowest BCUT2D eigenvalue weighted by Gasteiger charge is -2.22. The molecule has 0 aliphatic carbocycles. The molecule has 1 atom stereocenters. The molecule has 0 radical (unpaired) electrons. The molecule has 88 valence electrons. The van der Waals surface area contributed by atoms with E-state index in [9.17, 15) is 4.21 Å². The quantitative estimate of drug-likeness (QED) is 0.801. The van der Waals surface area contributed by atoms with Gasteiger partial charge < -0.3 is 10.5 Å². The highest BCUT2D eigenvalue weighted by atomic mass is 32.2. The van der Waals surface area contributed by atoms with Crippen molar-refractivity contribution >= 4 is 16.5 Å². The van der Waals surface area contributed by atoms with Crippen molar-refractivity contribution in [3.8, 4) is 0 Å². The highest BCUT2D eigenvalue weighted by Gasteiger charge is 2.23. The Kier molecular flexibility index (Phi) is 3.61. The molecule has 1 saturated heterocycles. The number of nitrogen functional groups attached to an aromatic ring is 1. The molecule has 2 rings (SSSR count). The average molecular weight is 239 g/mol. The van der Waals surface area contributed by atoms with Crippen molar-refractivity contribution < 1.29 is 8.95 Å². The van der Waals surface area contributed by atoms with E-state index in [4.69, 9.17) is 10.5 Å². The third-order valence-corrected chi connectivity index (χ3v) is 4.84. The molecule has 1 unspecified atom stereocenters. The van der Waals surface area contributed by atoms with Gasteiger partial charge in [0.05, 0.1) is 21.4 Å². The van der Waals surface area contributed by atoms with E-state index in [2.05, 4.69) is 0 Å². The minimum absolute atomic E-state index is 0.192.